The van der Waals surface area contributed by atoms with Gasteiger partial charge in [-0.15, -0.1) is 0 Å². The first kappa shape index (κ1) is 24.3. The van der Waals surface area contributed by atoms with E-state index in [1.165, 1.54) is 12.1 Å². The lowest BCUT2D eigenvalue weighted by atomic mass is 9.73. The van der Waals surface area contributed by atoms with E-state index in [0.29, 0.717) is 30.0 Å². The highest BCUT2D eigenvalue weighted by molar-refractivity contribution is 9.11. The molecular weight excluding hydrogens is 512 g/mol. The smallest absolute Gasteiger partial charge is 0.408 e. The quantitative estimate of drug-likeness (QED) is 0.367. The van der Waals surface area contributed by atoms with E-state index in [2.05, 4.69) is 47.8 Å². The SMILES string of the molecule is CC(C)C[C@H](NC(=O)CNC(=O)c1cc(Br)cc(F)c1Br)B1OCCNCCO1. The summed E-state index contributed by atoms with van der Waals surface area (Å²) in [5.41, 5.74) is 0.0996. The maximum Gasteiger partial charge on any atom is 0.480 e. The average Bonchev–Trinajstić information content (AvgIpc) is 2.61. The molecule has 2 amide bonds. The maximum atomic E-state index is 13.8. The van der Waals surface area contributed by atoms with Gasteiger partial charge in [0.2, 0.25) is 5.91 Å². The zero-order valence-corrected chi connectivity index (χ0v) is 19.6. The molecule has 11 heteroatoms. The van der Waals surface area contributed by atoms with Crippen LogP contribution in [0.25, 0.3) is 0 Å². The van der Waals surface area contributed by atoms with E-state index in [-0.39, 0.29) is 28.4 Å². The molecule has 29 heavy (non-hydrogen) atoms. The average molecular weight is 537 g/mol. The molecule has 3 N–H and O–H groups in total. The molecule has 160 valence electrons. The second-order valence-corrected chi connectivity index (χ2v) is 8.80. The fourth-order valence-electron chi connectivity index (χ4n) is 2.88. The fraction of sp³-hybridized carbons (Fsp3) is 0.556. The second kappa shape index (κ2) is 12.0. The van der Waals surface area contributed by atoms with Gasteiger partial charge < -0.3 is 25.3 Å². The molecule has 1 aliphatic rings. The zero-order chi connectivity index (χ0) is 21.4. The van der Waals surface area contributed by atoms with Crippen molar-refractivity contribution in [2.75, 3.05) is 32.8 Å². The van der Waals surface area contributed by atoms with Crippen molar-refractivity contribution >= 4 is 50.8 Å². The maximum absolute atomic E-state index is 13.8. The third kappa shape index (κ3) is 7.97. The number of hydrogen-bond donors (Lipinski definition) is 3. The van der Waals surface area contributed by atoms with Crippen LogP contribution in [-0.4, -0.2) is 57.7 Å². The van der Waals surface area contributed by atoms with E-state index in [9.17, 15) is 14.0 Å². The first-order valence-electron chi connectivity index (χ1n) is 9.44. The normalized spacial score (nSPS) is 16.1. The minimum atomic E-state index is -0.570. The Balaban J connectivity index is 1.96. The van der Waals surface area contributed by atoms with Crippen LogP contribution in [0, 0.1) is 11.7 Å². The summed E-state index contributed by atoms with van der Waals surface area (Å²) in [4.78, 5) is 24.8. The molecule has 1 aromatic carbocycles. The van der Waals surface area contributed by atoms with Crippen LogP contribution < -0.4 is 16.0 Å². The third-order valence-electron chi connectivity index (χ3n) is 4.17. The number of nitrogens with one attached hydrogen (secondary N) is 3. The van der Waals surface area contributed by atoms with Crippen LogP contribution in [0.4, 0.5) is 4.39 Å². The lowest BCUT2D eigenvalue weighted by molar-refractivity contribution is -0.120. The van der Waals surface area contributed by atoms with Crippen LogP contribution >= 0.6 is 31.9 Å². The Hall–Kier alpha value is -1.01. The van der Waals surface area contributed by atoms with E-state index in [1.807, 2.05) is 13.8 Å². The monoisotopic (exact) mass is 535 g/mol. The third-order valence-corrected chi connectivity index (χ3v) is 5.43. The van der Waals surface area contributed by atoms with Gasteiger partial charge in [-0.3, -0.25) is 9.59 Å². The topological polar surface area (TPSA) is 88.7 Å². The summed E-state index contributed by atoms with van der Waals surface area (Å²) in [5.74, 6) is -1.53. The minimum absolute atomic E-state index is 0.0428. The predicted octanol–water partition coefficient (Wildman–Crippen LogP) is 2.28. The van der Waals surface area contributed by atoms with E-state index >= 15 is 0 Å². The van der Waals surface area contributed by atoms with Crippen molar-refractivity contribution in [1.29, 1.82) is 0 Å². The summed E-state index contributed by atoms with van der Waals surface area (Å²) in [6.07, 6.45) is 0.667. The highest BCUT2D eigenvalue weighted by atomic mass is 79.9. The molecule has 0 unspecified atom stereocenters. The van der Waals surface area contributed by atoms with E-state index in [0.717, 1.165) is 13.1 Å². The molecule has 1 aromatic rings. The zero-order valence-electron chi connectivity index (χ0n) is 16.4. The van der Waals surface area contributed by atoms with Crippen molar-refractivity contribution < 1.29 is 23.3 Å². The van der Waals surface area contributed by atoms with Crippen LogP contribution in [-0.2, 0) is 14.1 Å². The van der Waals surface area contributed by atoms with Gasteiger partial charge in [-0.1, -0.05) is 29.8 Å². The van der Waals surface area contributed by atoms with Gasteiger partial charge in [0.1, 0.15) is 5.82 Å². The molecule has 1 atom stereocenters. The Morgan fingerprint density at radius 2 is 1.90 bits per heavy atom. The molecule has 0 aliphatic carbocycles. The molecule has 1 saturated heterocycles. The van der Waals surface area contributed by atoms with Gasteiger partial charge in [0, 0.05) is 30.8 Å². The molecule has 7 nitrogen and oxygen atoms in total. The van der Waals surface area contributed by atoms with Gasteiger partial charge in [-0.05, 0) is 40.4 Å². The van der Waals surface area contributed by atoms with Crippen molar-refractivity contribution in [1.82, 2.24) is 16.0 Å². The summed E-state index contributed by atoms with van der Waals surface area (Å²) in [5, 5.41) is 8.58. The number of rotatable bonds is 7. The molecule has 0 aromatic heterocycles. The van der Waals surface area contributed by atoms with Crippen LogP contribution in [0.3, 0.4) is 0 Å². The Labute approximate surface area is 187 Å². The molecule has 2 rings (SSSR count). The van der Waals surface area contributed by atoms with Crippen LogP contribution in [0.1, 0.15) is 30.6 Å². The standard InChI is InChI=1S/C18H25BBr2FN3O4/c1-11(2)7-15(19-28-5-3-23-4-6-29-19)25-16(26)10-24-18(27)13-8-12(20)9-14(22)17(13)21/h8-9,11,15,23H,3-7,10H2,1-2H3,(H,24,27)(H,25,26)/t15-/m0/s1. The van der Waals surface area contributed by atoms with Gasteiger partial charge in [0.05, 0.1) is 22.5 Å². The van der Waals surface area contributed by atoms with Gasteiger partial charge in [0.25, 0.3) is 5.91 Å². The lowest BCUT2D eigenvalue weighted by Gasteiger charge is -2.27. The van der Waals surface area contributed by atoms with E-state index < -0.39 is 18.8 Å². The second-order valence-electron chi connectivity index (χ2n) is 7.10. The molecule has 0 bridgehead atoms. The van der Waals surface area contributed by atoms with Crippen molar-refractivity contribution in [3.63, 3.8) is 0 Å². The fourth-order valence-corrected chi connectivity index (χ4v) is 3.72. The number of halogens is 3. The van der Waals surface area contributed by atoms with Gasteiger partial charge in [-0.2, -0.15) is 0 Å². The van der Waals surface area contributed by atoms with E-state index in [1.54, 1.807) is 0 Å². The highest BCUT2D eigenvalue weighted by Crippen LogP contribution is 2.25. The number of carbonyl (C=O) groups is 2. The molecule has 0 radical (unpaired) electrons. The molecule has 1 heterocycles. The minimum Gasteiger partial charge on any atom is -0.408 e. The summed E-state index contributed by atoms with van der Waals surface area (Å²) in [6.45, 7) is 6.24. The Bertz CT molecular complexity index is 719. The van der Waals surface area contributed by atoms with Crippen molar-refractivity contribution in [3.8, 4) is 0 Å². The number of hydrogen-bond acceptors (Lipinski definition) is 5. The van der Waals surface area contributed by atoms with Gasteiger partial charge in [0.15, 0.2) is 0 Å². The van der Waals surface area contributed by atoms with Crippen molar-refractivity contribution in [2.45, 2.75) is 26.2 Å². The molecule has 1 aliphatic heterocycles. The molecule has 0 spiro atoms. The first-order valence-corrected chi connectivity index (χ1v) is 11.0. The van der Waals surface area contributed by atoms with Crippen LogP contribution in [0.2, 0.25) is 0 Å². The number of amides is 2. The van der Waals surface area contributed by atoms with Crippen LogP contribution in [0.5, 0.6) is 0 Å². The van der Waals surface area contributed by atoms with Gasteiger partial charge in [-0.25, -0.2) is 4.39 Å². The predicted molar refractivity (Wildman–Crippen MR) is 116 cm³/mol. The Morgan fingerprint density at radius 1 is 1.24 bits per heavy atom. The number of benzene rings is 1. The largest absolute Gasteiger partial charge is 0.480 e. The first-order chi connectivity index (χ1) is 13.8. The van der Waals surface area contributed by atoms with E-state index in [4.69, 9.17) is 9.31 Å². The molecule has 0 saturated carbocycles. The molecule has 1 fully saturated rings. The number of carbonyl (C=O) groups excluding carboxylic acids is 2. The summed E-state index contributed by atoms with van der Waals surface area (Å²) in [6, 6.07) is 2.72. The van der Waals surface area contributed by atoms with Gasteiger partial charge >= 0.3 is 7.12 Å². The Kier molecular flexibility index (Phi) is 10.0. The molecular formula is C18H25BBr2FN3O4. The summed E-state index contributed by atoms with van der Waals surface area (Å²) < 4.78 is 25.8. The summed E-state index contributed by atoms with van der Waals surface area (Å²) >= 11 is 6.21. The summed E-state index contributed by atoms with van der Waals surface area (Å²) in [7, 11) is -0.549. The van der Waals surface area contributed by atoms with Crippen LogP contribution in [0.15, 0.2) is 21.1 Å². The Morgan fingerprint density at radius 3 is 2.52 bits per heavy atom. The lowest BCUT2D eigenvalue weighted by Crippen LogP contribution is -2.53. The van der Waals surface area contributed by atoms with Crippen molar-refractivity contribution in [3.05, 3.63) is 32.5 Å². The van der Waals surface area contributed by atoms with Crippen molar-refractivity contribution in [2.24, 2.45) is 5.92 Å². The highest BCUT2D eigenvalue weighted by Gasteiger charge is 2.33.